The van der Waals surface area contributed by atoms with Crippen LogP contribution in [-0.4, -0.2) is 33.5 Å². The maximum absolute atomic E-state index is 4.81. The standard InChI is InChI=1S/C16H21N5S/c1-13-15(22-20-19-13)12-17-16(21-10-6-3-7-11-21)18-14-8-4-2-5-9-14/h2,4-5,8-9H,3,6-7,10-12H2,1H3,(H,17,18). The molecule has 0 saturated carbocycles. The van der Waals surface area contributed by atoms with Gasteiger partial charge in [0.05, 0.1) is 17.1 Å². The highest BCUT2D eigenvalue weighted by Crippen LogP contribution is 2.15. The summed E-state index contributed by atoms with van der Waals surface area (Å²) in [6, 6.07) is 10.2. The number of aromatic nitrogens is 2. The number of benzene rings is 1. The van der Waals surface area contributed by atoms with E-state index >= 15 is 0 Å². The number of para-hydroxylation sites is 1. The molecule has 0 unspecified atom stereocenters. The Morgan fingerprint density at radius 2 is 2.00 bits per heavy atom. The zero-order valence-electron chi connectivity index (χ0n) is 12.8. The molecular weight excluding hydrogens is 294 g/mol. The lowest BCUT2D eigenvalue weighted by molar-refractivity contribution is 0.340. The summed E-state index contributed by atoms with van der Waals surface area (Å²) in [5.74, 6) is 0.957. The highest BCUT2D eigenvalue weighted by Gasteiger charge is 2.15. The minimum absolute atomic E-state index is 0.634. The second-order valence-corrected chi connectivity index (χ2v) is 6.30. The molecule has 1 fully saturated rings. The number of rotatable bonds is 3. The first-order valence-corrected chi connectivity index (χ1v) is 8.49. The molecule has 1 aromatic heterocycles. The number of piperidine rings is 1. The van der Waals surface area contributed by atoms with Gasteiger partial charge in [-0.3, -0.25) is 0 Å². The van der Waals surface area contributed by atoms with Crippen molar-refractivity contribution >= 4 is 23.2 Å². The van der Waals surface area contributed by atoms with Crippen LogP contribution in [0.5, 0.6) is 0 Å². The molecule has 1 aliphatic heterocycles. The number of guanidine groups is 1. The van der Waals surface area contributed by atoms with E-state index in [0.29, 0.717) is 6.54 Å². The number of hydrogen-bond donors (Lipinski definition) is 1. The van der Waals surface area contributed by atoms with Crippen LogP contribution < -0.4 is 5.32 Å². The Kier molecular flexibility index (Phi) is 5.00. The topological polar surface area (TPSA) is 53.4 Å². The molecule has 0 atom stereocenters. The summed E-state index contributed by atoms with van der Waals surface area (Å²) in [4.78, 5) is 8.28. The van der Waals surface area contributed by atoms with Crippen LogP contribution in [0, 0.1) is 6.92 Å². The first kappa shape index (κ1) is 15.0. The molecule has 0 amide bonds. The average molecular weight is 315 g/mol. The maximum Gasteiger partial charge on any atom is 0.198 e. The van der Waals surface area contributed by atoms with Gasteiger partial charge in [0.1, 0.15) is 0 Å². The normalized spacial score (nSPS) is 15.9. The van der Waals surface area contributed by atoms with E-state index < -0.39 is 0 Å². The second-order valence-electron chi connectivity index (χ2n) is 5.46. The summed E-state index contributed by atoms with van der Waals surface area (Å²) in [7, 11) is 0. The number of anilines is 1. The van der Waals surface area contributed by atoms with Gasteiger partial charge in [-0.25, -0.2) is 4.99 Å². The SMILES string of the molecule is Cc1nnsc1CN=C(Nc1ccccc1)N1CCCCC1. The van der Waals surface area contributed by atoms with Crippen molar-refractivity contribution in [3.05, 3.63) is 40.9 Å². The molecule has 6 heteroatoms. The fourth-order valence-electron chi connectivity index (χ4n) is 2.52. The molecule has 0 radical (unpaired) electrons. The van der Waals surface area contributed by atoms with Crippen LogP contribution in [0.3, 0.4) is 0 Å². The zero-order chi connectivity index (χ0) is 15.2. The van der Waals surface area contributed by atoms with Gasteiger partial charge in [-0.2, -0.15) is 0 Å². The summed E-state index contributed by atoms with van der Waals surface area (Å²) in [6.07, 6.45) is 3.78. The van der Waals surface area contributed by atoms with Crippen molar-refractivity contribution in [2.24, 2.45) is 4.99 Å². The molecule has 5 nitrogen and oxygen atoms in total. The molecule has 1 N–H and O–H groups in total. The number of aryl methyl sites for hydroxylation is 1. The van der Waals surface area contributed by atoms with Crippen molar-refractivity contribution in [3.8, 4) is 0 Å². The molecule has 0 bridgehead atoms. The lowest BCUT2D eigenvalue weighted by Gasteiger charge is -2.30. The van der Waals surface area contributed by atoms with Crippen molar-refractivity contribution < 1.29 is 0 Å². The van der Waals surface area contributed by atoms with E-state index in [9.17, 15) is 0 Å². The van der Waals surface area contributed by atoms with E-state index in [-0.39, 0.29) is 0 Å². The summed E-state index contributed by atoms with van der Waals surface area (Å²) < 4.78 is 3.98. The predicted molar refractivity (Wildman–Crippen MR) is 91.3 cm³/mol. The van der Waals surface area contributed by atoms with Crippen molar-refractivity contribution in [3.63, 3.8) is 0 Å². The Hall–Kier alpha value is -1.95. The van der Waals surface area contributed by atoms with Crippen LogP contribution in [0.15, 0.2) is 35.3 Å². The molecule has 1 saturated heterocycles. The zero-order valence-corrected chi connectivity index (χ0v) is 13.6. The van der Waals surface area contributed by atoms with Gasteiger partial charge in [0.15, 0.2) is 5.96 Å². The van der Waals surface area contributed by atoms with Crippen LogP contribution in [-0.2, 0) is 6.54 Å². The van der Waals surface area contributed by atoms with Crippen molar-refractivity contribution in [1.29, 1.82) is 0 Å². The summed E-state index contributed by atoms with van der Waals surface area (Å²) in [5.41, 5.74) is 2.05. The fraction of sp³-hybridized carbons (Fsp3) is 0.438. The Morgan fingerprint density at radius 1 is 1.23 bits per heavy atom. The Morgan fingerprint density at radius 3 is 2.68 bits per heavy atom. The third kappa shape index (κ3) is 3.82. The molecule has 116 valence electrons. The molecule has 2 heterocycles. The summed E-state index contributed by atoms with van der Waals surface area (Å²) >= 11 is 1.43. The quantitative estimate of drug-likeness (QED) is 0.697. The molecular formula is C16H21N5S. The molecule has 1 aliphatic rings. The van der Waals surface area contributed by atoms with E-state index in [1.54, 1.807) is 0 Å². The lowest BCUT2D eigenvalue weighted by Crippen LogP contribution is -2.40. The Labute approximate surface area is 135 Å². The van der Waals surface area contributed by atoms with Gasteiger partial charge in [-0.15, -0.1) is 5.10 Å². The van der Waals surface area contributed by atoms with E-state index in [1.807, 2.05) is 25.1 Å². The first-order chi connectivity index (χ1) is 10.8. The number of aliphatic imine (C=N–C) groups is 1. The second kappa shape index (κ2) is 7.35. The van der Waals surface area contributed by atoms with E-state index in [4.69, 9.17) is 4.99 Å². The van der Waals surface area contributed by atoms with Crippen molar-refractivity contribution in [1.82, 2.24) is 14.5 Å². The Bertz CT molecular complexity index is 616. The number of nitrogens with zero attached hydrogens (tertiary/aromatic N) is 4. The van der Waals surface area contributed by atoms with Gasteiger partial charge in [-0.1, -0.05) is 22.7 Å². The minimum atomic E-state index is 0.634. The Balaban J connectivity index is 1.77. The van der Waals surface area contributed by atoms with E-state index in [1.165, 1.54) is 30.8 Å². The van der Waals surface area contributed by atoms with Gasteiger partial charge in [-0.05, 0) is 49.9 Å². The number of nitrogens with one attached hydrogen (secondary N) is 1. The van der Waals surface area contributed by atoms with E-state index in [0.717, 1.165) is 35.3 Å². The fourth-order valence-corrected chi connectivity index (χ4v) is 3.07. The van der Waals surface area contributed by atoms with Crippen LogP contribution in [0.2, 0.25) is 0 Å². The average Bonchev–Trinajstić information content (AvgIpc) is 2.98. The molecule has 1 aromatic carbocycles. The van der Waals surface area contributed by atoms with Crippen LogP contribution >= 0.6 is 11.5 Å². The van der Waals surface area contributed by atoms with Gasteiger partial charge in [0.2, 0.25) is 0 Å². The monoisotopic (exact) mass is 315 g/mol. The van der Waals surface area contributed by atoms with Gasteiger partial charge in [0, 0.05) is 18.8 Å². The minimum Gasteiger partial charge on any atom is -0.343 e. The van der Waals surface area contributed by atoms with Gasteiger partial charge < -0.3 is 10.2 Å². The smallest absolute Gasteiger partial charge is 0.198 e. The predicted octanol–water partition coefficient (Wildman–Crippen LogP) is 3.30. The van der Waals surface area contributed by atoms with Crippen LogP contribution in [0.4, 0.5) is 5.69 Å². The summed E-state index contributed by atoms with van der Waals surface area (Å²) in [5, 5.41) is 7.53. The first-order valence-electron chi connectivity index (χ1n) is 7.72. The highest BCUT2D eigenvalue weighted by molar-refractivity contribution is 7.05. The van der Waals surface area contributed by atoms with Crippen molar-refractivity contribution in [2.75, 3.05) is 18.4 Å². The maximum atomic E-state index is 4.81. The third-order valence-corrected chi connectivity index (χ3v) is 4.61. The summed E-state index contributed by atoms with van der Waals surface area (Å²) in [6.45, 7) is 4.76. The molecule has 22 heavy (non-hydrogen) atoms. The lowest BCUT2D eigenvalue weighted by atomic mass is 10.1. The number of likely N-dealkylation sites (tertiary alicyclic amines) is 1. The number of hydrogen-bond acceptors (Lipinski definition) is 4. The van der Waals surface area contributed by atoms with E-state index in [2.05, 4.69) is 31.9 Å². The third-order valence-electron chi connectivity index (χ3n) is 3.80. The molecule has 2 aromatic rings. The van der Waals surface area contributed by atoms with Gasteiger partial charge in [0.25, 0.3) is 0 Å². The molecule has 0 spiro atoms. The van der Waals surface area contributed by atoms with Crippen LogP contribution in [0.25, 0.3) is 0 Å². The van der Waals surface area contributed by atoms with Gasteiger partial charge >= 0.3 is 0 Å². The molecule has 0 aliphatic carbocycles. The van der Waals surface area contributed by atoms with Crippen LogP contribution in [0.1, 0.15) is 29.8 Å². The van der Waals surface area contributed by atoms with Crippen molar-refractivity contribution in [2.45, 2.75) is 32.7 Å². The highest BCUT2D eigenvalue weighted by atomic mass is 32.1. The largest absolute Gasteiger partial charge is 0.343 e. The molecule has 3 rings (SSSR count).